The summed E-state index contributed by atoms with van der Waals surface area (Å²) >= 11 is 0. The largest absolute Gasteiger partial charge is 0.350 e. The second-order valence-corrected chi connectivity index (χ2v) is 6.67. The zero-order chi connectivity index (χ0) is 14.6. The summed E-state index contributed by atoms with van der Waals surface area (Å²) in [5.41, 5.74) is -0.118. The quantitative estimate of drug-likeness (QED) is 0.799. The average molecular weight is 269 g/mol. The number of hydrogen-bond donors (Lipinski definition) is 2. The van der Waals surface area contributed by atoms with E-state index in [4.69, 9.17) is 0 Å². The molecule has 0 aromatic rings. The molecule has 3 atom stereocenters. The lowest BCUT2D eigenvalue weighted by atomic mass is 9.97. The lowest BCUT2D eigenvalue weighted by Crippen LogP contribution is -2.55. The van der Waals surface area contributed by atoms with Crippen LogP contribution in [0.5, 0.6) is 0 Å². The molecule has 0 spiro atoms. The number of hydrogen-bond acceptors (Lipinski definition) is 3. The van der Waals surface area contributed by atoms with Crippen molar-refractivity contribution in [2.45, 2.75) is 77.5 Å². The van der Waals surface area contributed by atoms with Gasteiger partial charge in [-0.25, -0.2) is 0 Å². The molecule has 1 saturated heterocycles. The number of amides is 1. The van der Waals surface area contributed by atoms with Crippen LogP contribution in [-0.4, -0.2) is 48.1 Å². The van der Waals surface area contributed by atoms with Crippen molar-refractivity contribution in [3.05, 3.63) is 0 Å². The predicted octanol–water partition coefficient (Wildman–Crippen LogP) is 1.75. The van der Waals surface area contributed by atoms with Crippen LogP contribution < -0.4 is 10.6 Å². The van der Waals surface area contributed by atoms with E-state index in [1.165, 1.54) is 0 Å². The maximum Gasteiger partial charge on any atom is 0.237 e. The molecule has 1 amide bonds. The van der Waals surface area contributed by atoms with Gasteiger partial charge in [-0.1, -0.05) is 6.92 Å². The minimum absolute atomic E-state index is 0.110. The molecular formula is C15H31N3O. The van der Waals surface area contributed by atoms with Gasteiger partial charge in [0.1, 0.15) is 0 Å². The number of carbonyl (C=O) groups is 1. The van der Waals surface area contributed by atoms with Crippen LogP contribution >= 0.6 is 0 Å². The Morgan fingerprint density at radius 3 is 2.63 bits per heavy atom. The first-order valence-electron chi connectivity index (χ1n) is 7.53. The zero-order valence-corrected chi connectivity index (χ0v) is 13.4. The number of carbonyl (C=O) groups excluding carboxylic acids is 1. The summed E-state index contributed by atoms with van der Waals surface area (Å²) < 4.78 is 0. The first-order valence-corrected chi connectivity index (χ1v) is 7.53. The molecule has 19 heavy (non-hydrogen) atoms. The molecule has 1 aliphatic heterocycles. The van der Waals surface area contributed by atoms with Gasteiger partial charge in [0.15, 0.2) is 0 Å². The Kier molecular flexibility index (Phi) is 5.81. The summed E-state index contributed by atoms with van der Waals surface area (Å²) in [7, 11) is 2.17. The van der Waals surface area contributed by atoms with E-state index < -0.39 is 0 Å². The van der Waals surface area contributed by atoms with Crippen molar-refractivity contribution in [2.75, 3.05) is 13.6 Å². The van der Waals surface area contributed by atoms with Gasteiger partial charge in [-0.3, -0.25) is 4.79 Å². The van der Waals surface area contributed by atoms with E-state index in [-0.39, 0.29) is 17.5 Å². The van der Waals surface area contributed by atoms with Crippen molar-refractivity contribution in [2.24, 2.45) is 0 Å². The van der Waals surface area contributed by atoms with Crippen molar-refractivity contribution in [1.29, 1.82) is 0 Å². The molecule has 4 nitrogen and oxygen atoms in total. The van der Waals surface area contributed by atoms with Gasteiger partial charge in [0.05, 0.1) is 6.04 Å². The summed E-state index contributed by atoms with van der Waals surface area (Å²) in [6.45, 7) is 11.5. The monoisotopic (exact) mass is 269 g/mol. The molecule has 4 heteroatoms. The zero-order valence-electron chi connectivity index (χ0n) is 13.4. The Balaban J connectivity index is 2.42. The number of piperidine rings is 1. The van der Waals surface area contributed by atoms with E-state index in [0.29, 0.717) is 12.1 Å². The van der Waals surface area contributed by atoms with Crippen LogP contribution in [0.3, 0.4) is 0 Å². The molecule has 0 aromatic carbocycles. The van der Waals surface area contributed by atoms with Crippen molar-refractivity contribution in [3.8, 4) is 0 Å². The fourth-order valence-electron chi connectivity index (χ4n) is 2.40. The fourth-order valence-corrected chi connectivity index (χ4v) is 2.40. The molecular weight excluding hydrogens is 238 g/mol. The van der Waals surface area contributed by atoms with Crippen LogP contribution in [0.15, 0.2) is 0 Å². The van der Waals surface area contributed by atoms with Gasteiger partial charge in [-0.05, 0) is 60.5 Å². The van der Waals surface area contributed by atoms with Crippen molar-refractivity contribution >= 4 is 5.91 Å². The van der Waals surface area contributed by atoms with E-state index in [0.717, 1.165) is 25.8 Å². The van der Waals surface area contributed by atoms with Gasteiger partial charge in [-0.15, -0.1) is 0 Å². The Morgan fingerprint density at radius 2 is 2.11 bits per heavy atom. The second kappa shape index (κ2) is 6.71. The van der Waals surface area contributed by atoms with Crippen LogP contribution in [0.4, 0.5) is 0 Å². The van der Waals surface area contributed by atoms with Crippen LogP contribution in [-0.2, 0) is 4.79 Å². The summed E-state index contributed by atoms with van der Waals surface area (Å²) in [6.07, 6.45) is 3.18. The van der Waals surface area contributed by atoms with Gasteiger partial charge >= 0.3 is 0 Å². The Hall–Kier alpha value is -0.610. The molecule has 1 aliphatic rings. The smallest absolute Gasteiger partial charge is 0.237 e. The number of nitrogens with one attached hydrogen (secondary N) is 2. The molecule has 0 aromatic heterocycles. The lowest BCUT2D eigenvalue weighted by molar-refractivity contribution is -0.124. The highest BCUT2D eigenvalue weighted by molar-refractivity contribution is 5.82. The topological polar surface area (TPSA) is 44.4 Å². The Labute approximate surface area is 118 Å². The molecule has 0 radical (unpaired) electrons. The average Bonchev–Trinajstić information content (AvgIpc) is 2.33. The van der Waals surface area contributed by atoms with Crippen molar-refractivity contribution in [3.63, 3.8) is 0 Å². The SMILES string of the molecule is CCC(C)(C)NC(=O)C(C)NC1CCN(C)C(C)C1. The third-order valence-corrected chi connectivity index (χ3v) is 4.43. The minimum atomic E-state index is -0.119. The van der Waals surface area contributed by atoms with Gasteiger partial charge in [0, 0.05) is 17.6 Å². The van der Waals surface area contributed by atoms with E-state index >= 15 is 0 Å². The standard InChI is InChI=1S/C15H31N3O/c1-7-15(4,5)17-14(19)12(3)16-13-8-9-18(6)11(2)10-13/h11-13,16H,7-10H2,1-6H3,(H,17,19). The molecule has 112 valence electrons. The molecule has 1 rings (SSSR count). The van der Waals surface area contributed by atoms with Gasteiger partial charge < -0.3 is 15.5 Å². The van der Waals surface area contributed by atoms with Crippen LogP contribution in [0, 0.1) is 0 Å². The van der Waals surface area contributed by atoms with E-state index in [1.807, 2.05) is 6.92 Å². The van der Waals surface area contributed by atoms with E-state index in [9.17, 15) is 4.79 Å². The van der Waals surface area contributed by atoms with Crippen molar-refractivity contribution < 1.29 is 4.79 Å². The third kappa shape index (κ3) is 5.11. The van der Waals surface area contributed by atoms with Crippen LogP contribution in [0.2, 0.25) is 0 Å². The highest BCUT2D eigenvalue weighted by Crippen LogP contribution is 2.16. The molecule has 1 heterocycles. The molecule has 3 unspecified atom stereocenters. The Bertz CT molecular complexity index is 304. The predicted molar refractivity (Wildman–Crippen MR) is 80.2 cm³/mol. The molecule has 0 saturated carbocycles. The van der Waals surface area contributed by atoms with Gasteiger partial charge in [-0.2, -0.15) is 0 Å². The van der Waals surface area contributed by atoms with Gasteiger partial charge in [0.2, 0.25) is 5.91 Å². The highest BCUT2D eigenvalue weighted by atomic mass is 16.2. The molecule has 1 fully saturated rings. The van der Waals surface area contributed by atoms with Crippen LogP contribution in [0.1, 0.15) is 53.9 Å². The van der Waals surface area contributed by atoms with Gasteiger partial charge in [0.25, 0.3) is 0 Å². The first kappa shape index (κ1) is 16.4. The van der Waals surface area contributed by atoms with E-state index in [1.54, 1.807) is 0 Å². The summed E-state index contributed by atoms with van der Waals surface area (Å²) in [4.78, 5) is 14.5. The van der Waals surface area contributed by atoms with E-state index in [2.05, 4.69) is 50.3 Å². The van der Waals surface area contributed by atoms with Crippen LogP contribution in [0.25, 0.3) is 0 Å². The minimum Gasteiger partial charge on any atom is -0.350 e. The number of likely N-dealkylation sites (tertiary alicyclic amines) is 1. The van der Waals surface area contributed by atoms with Crippen molar-refractivity contribution in [1.82, 2.24) is 15.5 Å². The molecule has 0 aliphatic carbocycles. The summed E-state index contributed by atoms with van der Waals surface area (Å²) in [5, 5.41) is 6.58. The maximum absolute atomic E-state index is 12.2. The normalized spacial score (nSPS) is 27.1. The molecule has 2 N–H and O–H groups in total. The lowest BCUT2D eigenvalue weighted by Gasteiger charge is -2.37. The molecule has 0 bridgehead atoms. The first-order chi connectivity index (χ1) is 8.75. The second-order valence-electron chi connectivity index (χ2n) is 6.67. The Morgan fingerprint density at radius 1 is 1.47 bits per heavy atom. The number of rotatable bonds is 5. The summed E-state index contributed by atoms with van der Waals surface area (Å²) in [5.74, 6) is 0.110. The fraction of sp³-hybridized carbons (Fsp3) is 0.933. The summed E-state index contributed by atoms with van der Waals surface area (Å²) in [6, 6.07) is 0.928. The maximum atomic E-state index is 12.2. The highest BCUT2D eigenvalue weighted by Gasteiger charge is 2.27. The third-order valence-electron chi connectivity index (χ3n) is 4.43. The number of nitrogens with zero attached hydrogens (tertiary/aromatic N) is 1.